The highest BCUT2D eigenvalue weighted by atomic mass is 35.5. The number of hydroxylamine groups is 1. The van der Waals surface area contributed by atoms with E-state index in [9.17, 15) is 9.59 Å². The number of anilines is 1. The van der Waals surface area contributed by atoms with E-state index < -0.39 is 11.3 Å². The molecule has 132 valence electrons. The van der Waals surface area contributed by atoms with Crippen LogP contribution in [0.1, 0.15) is 25.0 Å². The van der Waals surface area contributed by atoms with Gasteiger partial charge in [0.15, 0.2) is 6.61 Å². The fourth-order valence-corrected chi connectivity index (χ4v) is 2.33. The fourth-order valence-electron chi connectivity index (χ4n) is 2.15. The van der Waals surface area contributed by atoms with Gasteiger partial charge in [0.2, 0.25) is 0 Å². The van der Waals surface area contributed by atoms with E-state index in [0.717, 1.165) is 11.1 Å². The van der Waals surface area contributed by atoms with Crippen molar-refractivity contribution in [2.75, 3.05) is 11.9 Å². The van der Waals surface area contributed by atoms with Crippen LogP contribution in [-0.4, -0.2) is 18.4 Å². The second-order valence-corrected chi connectivity index (χ2v) is 6.63. The third-order valence-electron chi connectivity index (χ3n) is 3.89. The molecule has 2 amide bonds. The Bertz CT molecular complexity index is 761. The maximum atomic E-state index is 12.3. The normalized spacial score (nSPS) is 11.0. The SMILES string of the molecule is Cc1ccc(NC(=O)CONC(=O)C(C)(C)c2ccccc2)cc1Cl. The minimum Gasteiger partial charge on any atom is -0.324 e. The highest BCUT2D eigenvalue weighted by molar-refractivity contribution is 6.31. The fraction of sp³-hybridized carbons (Fsp3) is 0.263. The van der Waals surface area contributed by atoms with Crippen LogP contribution in [0.2, 0.25) is 5.02 Å². The predicted molar refractivity (Wildman–Crippen MR) is 98.4 cm³/mol. The molecule has 2 N–H and O–H groups in total. The number of amides is 2. The van der Waals surface area contributed by atoms with Crippen LogP contribution < -0.4 is 10.8 Å². The number of aryl methyl sites for hydroxylation is 1. The van der Waals surface area contributed by atoms with E-state index in [2.05, 4.69) is 10.8 Å². The zero-order valence-corrected chi connectivity index (χ0v) is 15.2. The number of nitrogens with one attached hydrogen (secondary N) is 2. The van der Waals surface area contributed by atoms with E-state index in [0.29, 0.717) is 10.7 Å². The van der Waals surface area contributed by atoms with Gasteiger partial charge in [-0.3, -0.25) is 14.4 Å². The summed E-state index contributed by atoms with van der Waals surface area (Å²) in [5.41, 5.74) is 3.91. The summed E-state index contributed by atoms with van der Waals surface area (Å²) in [5.74, 6) is -0.720. The standard InChI is InChI=1S/C19H21ClN2O3/c1-13-9-10-15(11-16(13)20)21-17(23)12-25-22-18(24)19(2,3)14-7-5-4-6-8-14/h4-11H,12H2,1-3H3,(H,21,23)(H,22,24). The lowest BCUT2D eigenvalue weighted by Gasteiger charge is -2.23. The van der Waals surface area contributed by atoms with Gasteiger partial charge in [-0.15, -0.1) is 0 Å². The molecule has 0 saturated carbocycles. The molecule has 0 aliphatic carbocycles. The molecule has 0 aromatic heterocycles. The Hall–Kier alpha value is -2.37. The maximum Gasteiger partial charge on any atom is 0.253 e. The van der Waals surface area contributed by atoms with Gasteiger partial charge in [-0.2, -0.15) is 0 Å². The average molecular weight is 361 g/mol. The van der Waals surface area contributed by atoms with Crippen LogP contribution in [0.5, 0.6) is 0 Å². The minimum atomic E-state index is -0.776. The van der Waals surface area contributed by atoms with Gasteiger partial charge in [-0.05, 0) is 44.0 Å². The molecule has 0 fully saturated rings. The van der Waals surface area contributed by atoms with Crippen molar-refractivity contribution >= 4 is 29.1 Å². The molecule has 25 heavy (non-hydrogen) atoms. The number of carbonyl (C=O) groups is 2. The van der Waals surface area contributed by atoms with Crippen molar-refractivity contribution in [2.24, 2.45) is 0 Å². The van der Waals surface area contributed by atoms with Crippen molar-refractivity contribution in [1.29, 1.82) is 0 Å². The first kappa shape index (κ1) is 19.0. The van der Waals surface area contributed by atoms with Gasteiger partial charge in [-0.25, -0.2) is 5.48 Å². The van der Waals surface area contributed by atoms with Crippen LogP contribution in [0.15, 0.2) is 48.5 Å². The topological polar surface area (TPSA) is 67.4 Å². The molecule has 0 spiro atoms. The molecule has 0 bridgehead atoms. The first-order valence-corrected chi connectivity index (χ1v) is 8.22. The van der Waals surface area contributed by atoms with Crippen LogP contribution in [0.25, 0.3) is 0 Å². The van der Waals surface area contributed by atoms with Crippen molar-refractivity contribution in [1.82, 2.24) is 5.48 Å². The number of halogens is 1. The molecule has 2 aromatic carbocycles. The zero-order valence-electron chi connectivity index (χ0n) is 14.4. The van der Waals surface area contributed by atoms with Gasteiger partial charge in [0.1, 0.15) is 0 Å². The van der Waals surface area contributed by atoms with Crippen molar-refractivity contribution in [2.45, 2.75) is 26.2 Å². The minimum absolute atomic E-state index is 0.303. The summed E-state index contributed by atoms with van der Waals surface area (Å²) < 4.78 is 0. The number of hydrogen-bond donors (Lipinski definition) is 2. The van der Waals surface area contributed by atoms with E-state index in [1.807, 2.05) is 43.3 Å². The van der Waals surface area contributed by atoms with Crippen LogP contribution in [0.3, 0.4) is 0 Å². The second kappa shape index (κ2) is 8.14. The molecule has 0 atom stereocenters. The van der Waals surface area contributed by atoms with E-state index in [1.54, 1.807) is 26.0 Å². The molecular weight excluding hydrogens is 340 g/mol. The van der Waals surface area contributed by atoms with Crippen LogP contribution >= 0.6 is 11.6 Å². The van der Waals surface area contributed by atoms with Gasteiger partial charge >= 0.3 is 0 Å². The van der Waals surface area contributed by atoms with Crippen molar-refractivity contribution in [3.63, 3.8) is 0 Å². The lowest BCUT2D eigenvalue weighted by Crippen LogP contribution is -2.41. The Morgan fingerprint density at radius 1 is 1.12 bits per heavy atom. The molecule has 0 aliphatic rings. The number of hydrogen-bond acceptors (Lipinski definition) is 3. The second-order valence-electron chi connectivity index (χ2n) is 6.22. The Labute approximate surface area is 152 Å². The number of benzene rings is 2. The molecular formula is C19H21ClN2O3. The van der Waals surface area contributed by atoms with E-state index in [4.69, 9.17) is 16.4 Å². The van der Waals surface area contributed by atoms with E-state index >= 15 is 0 Å². The molecule has 2 rings (SSSR count). The first-order valence-electron chi connectivity index (χ1n) is 7.84. The number of rotatable bonds is 6. The average Bonchev–Trinajstić information content (AvgIpc) is 2.59. The molecule has 0 aliphatic heterocycles. The Morgan fingerprint density at radius 2 is 1.80 bits per heavy atom. The molecule has 0 unspecified atom stereocenters. The van der Waals surface area contributed by atoms with Crippen LogP contribution in [-0.2, 0) is 19.8 Å². The van der Waals surface area contributed by atoms with Gasteiger partial charge in [0.05, 0.1) is 5.41 Å². The molecule has 6 heteroatoms. The summed E-state index contributed by atoms with van der Waals surface area (Å²) in [6, 6.07) is 14.6. The summed E-state index contributed by atoms with van der Waals surface area (Å²) in [4.78, 5) is 29.2. The zero-order chi connectivity index (χ0) is 18.4. The van der Waals surface area contributed by atoms with Crippen LogP contribution in [0.4, 0.5) is 5.69 Å². The lowest BCUT2D eigenvalue weighted by molar-refractivity contribution is -0.141. The van der Waals surface area contributed by atoms with E-state index in [1.165, 1.54) is 0 Å². The highest BCUT2D eigenvalue weighted by Gasteiger charge is 2.29. The highest BCUT2D eigenvalue weighted by Crippen LogP contribution is 2.23. The summed E-state index contributed by atoms with van der Waals surface area (Å²) in [7, 11) is 0. The van der Waals surface area contributed by atoms with Gasteiger partial charge in [-0.1, -0.05) is 48.0 Å². The van der Waals surface area contributed by atoms with Gasteiger partial charge in [0.25, 0.3) is 11.8 Å². The smallest absolute Gasteiger partial charge is 0.253 e. The van der Waals surface area contributed by atoms with E-state index in [-0.39, 0.29) is 12.5 Å². The Balaban J connectivity index is 1.84. The van der Waals surface area contributed by atoms with Crippen molar-refractivity contribution in [3.8, 4) is 0 Å². The molecule has 0 heterocycles. The Morgan fingerprint density at radius 3 is 2.44 bits per heavy atom. The number of carbonyl (C=O) groups excluding carboxylic acids is 2. The Kier molecular flexibility index (Phi) is 6.17. The largest absolute Gasteiger partial charge is 0.324 e. The molecule has 0 radical (unpaired) electrons. The summed E-state index contributed by atoms with van der Waals surface area (Å²) in [6.45, 7) is 5.15. The van der Waals surface area contributed by atoms with Gasteiger partial charge in [0, 0.05) is 10.7 Å². The summed E-state index contributed by atoms with van der Waals surface area (Å²) in [5, 5.41) is 3.22. The van der Waals surface area contributed by atoms with Gasteiger partial charge < -0.3 is 5.32 Å². The van der Waals surface area contributed by atoms with Crippen molar-refractivity contribution in [3.05, 3.63) is 64.7 Å². The quantitative estimate of drug-likeness (QED) is 0.773. The monoisotopic (exact) mass is 360 g/mol. The molecule has 2 aromatic rings. The van der Waals surface area contributed by atoms with Crippen molar-refractivity contribution < 1.29 is 14.4 Å². The molecule has 5 nitrogen and oxygen atoms in total. The third-order valence-corrected chi connectivity index (χ3v) is 4.29. The summed E-state index contributed by atoms with van der Waals surface area (Å²) in [6.07, 6.45) is 0. The summed E-state index contributed by atoms with van der Waals surface area (Å²) >= 11 is 6.01. The maximum absolute atomic E-state index is 12.3. The predicted octanol–water partition coefficient (Wildman–Crippen LogP) is 3.61. The van der Waals surface area contributed by atoms with Crippen LogP contribution in [0, 0.1) is 6.92 Å². The lowest BCUT2D eigenvalue weighted by atomic mass is 9.84. The third kappa shape index (κ3) is 5.05. The molecule has 0 saturated heterocycles. The first-order chi connectivity index (χ1) is 11.8.